The fourth-order valence-electron chi connectivity index (χ4n) is 4.07. The van der Waals surface area contributed by atoms with Crippen LogP contribution in [-0.2, 0) is 4.74 Å². The van der Waals surface area contributed by atoms with Gasteiger partial charge in [0.15, 0.2) is 5.75 Å². The Kier molecular flexibility index (Phi) is 3.54. The van der Waals surface area contributed by atoms with E-state index in [9.17, 15) is 0 Å². The fraction of sp³-hybridized carbons (Fsp3) is 0.238. The Bertz CT molecular complexity index is 1220. The van der Waals surface area contributed by atoms with Crippen LogP contribution < -0.4 is 9.64 Å². The lowest BCUT2D eigenvalue weighted by atomic mass is 9.98. The number of morpholine rings is 1. The molecule has 6 rings (SSSR count). The molecule has 8 heteroatoms. The smallest absolute Gasteiger partial charge is 0.227 e. The molecule has 0 aliphatic carbocycles. The Morgan fingerprint density at radius 2 is 2.14 bits per heavy atom. The third-order valence-electron chi connectivity index (χ3n) is 5.47. The van der Waals surface area contributed by atoms with Crippen LogP contribution in [-0.4, -0.2) is 50.9 Å². The summed E-state index contributed by atoms with van der Waals surface area (Å²) in [4.78, 5) is 16.4. The Morgan fingerprint density at radius 3 is 3.00 bits per heavy atom. The molecule has 1 fully saturated rings. The number of aromatic nitrogens is 5. The number of H-pyrrole nitrogens is 1. The van der Waals surface area contributed by atoms with Crippen molar-refractivity contribution in [3.63, 3.8) is 0 Å². The van der Waals surface area contributed by atoms with Crippen molar-refractivity contribution in [1.29, 1.82) is 0 Å². The molecule has 0 unspecified atom stereocenters. The zero-order valence-corrected chi connectivity index (χ0v) is 15.8. The summed E-state index contributed by atoms with van der Waals surface area (Å²) in [5, 5.41) is 8.03. The molecule has 0 saturated carbocycles. The SMILES string of the molecule is C[C@@H]1COCCN1c1cc2c3c(cnc(-c4ccn[nH]4)c3n1)Oc1ncccc1-2. The minimum atomic E-state index is 0.237. The van der Waals surface area contributed by atoms with Gasteiger partial charge in [-0.15, -0.1) is 0 Å². The van der Waals surface area contributed by atoms with Gasteiger partial charge in [0.1, 0.15) is 17.0 Å². The molecule has 144 valence electrons. The van der Waals surface area contributed by atoms with Gasteiger partial charge in [-0.25, -0.2) is 15.0 Å². The topological polar surface area (TPSA) is 89.1 Å². The Balaban J connectivity index is 1.68. The van der Waals surface area contributed by atoms with Crippen LogP contribution in [0.15, 0.2) is 42.9 Å². The molecule has 0 aromatic carbocycles. The zero-order valence-electron chi connectivity index (χ0n) is 15.8. The molecule has 0 amide bonds. The van der Waals surface area contributed by atoms with Crippen LogP contribution in [0, 0.1) is 0 Å². The summed E-state index contributed by atoms with van der Waals surface area (Å²) in [6, 6.07) is 8.22. The molecule has 0 spiro atoms. The van der Waals surface area contributed by atoms with Crippen LogP contribution in [0.4, 0.5) is 5.82 Å². The van der Waals surface area contributed by atoms with Gasteiger partial charge in [0.2, 0.25) is 5.88 Å². The molecule has 8 nitrogen and oxygen atoms in total. The standard InChI is InChI=1S/C21H18N6O2/c1-12-11-28-8-7-27(12)17-9-14-13-3-2-5-22-21(13)29-16-10-23-19(15-4-6-24-26-15)20(25-17)18(14)16/h2-6,9-10,12H,7-8,11H2,1H3,(H,24,26)/t12-/m1/s1. The molecular formula is C21H18N6O2. The number of ether oxygens (including phenoxy) is 2. The number of nitrogens with zero attached hydrogens (tertiary/aromatic N) is 5. The summed E-state index contributed by atoms with van der Waals surface area (Å²) in [6.07, 6.45) is 5.19. The summed E-state index contributed by atoms with van der Waals surface area (Å²) >= 11 is 0. The van der Waals surface area contributed by atoms with E-state index in [0.29, 0.717) is 24.8 Å². The zero-order chi connectivity index (χ0) is 19.4. The second-order valence-corrected chi connectivity index (χ2v) is 7.27. The Morgan fingerprint density at radius 1 is 1.17 bits per heavy atom. The largest absolute Gasteiger partial charge is 0.436 e. The monoisotopic (exact) mass is 386 g/mol. The van der Waals surface area contributed by atoms with Crippen LogP contribution in [0.2, 0.25) is 0 Å². The highest BCUT2D eigenvalue weighted by atomic mass is 16.5. The van der Waals surface area contributed by atoms with Crippen molar-refractivity contribution < 1.29 is 9.47 Å². The van der Waals surface area contributed by atoms with Crippen LogP contribution >= 0.6 is 0 Å². The van der Waals surface area contributed by atoms with E-state index in [4.69, 9.17) is 14.5 Å². The van der Waals surface area contributed by atoms with E-state index in [1.807, 2.05) is 18.2 Å². The van der Waals surface area contributed by atoms with E-state index in [1.54, 1.807) is 18.6 Å². The average Bonchev–Trinajstić information content (AvgIpc) is 3.29. The molecule has 0 bridgehead atoms. The first-order chi connectivity index (χ1) is 14.3. The van der Waals surface area contributed by atoms with Crippen LogP contribution in [0.5, 0.6) is 11.6 Å². The minimum Gasteiger partial charge on any atom is -0.436 e. The van der Waals surface area contributed by atoms with Crippen molar-refractivity contribution in [2.75, 3.05) is 24.7 Å². The van der Waals surface area contributed by atoms with Gasteiger partial charge in [-0.3, -0.25) is 5.10 Å². The number of nitrogens with one attached hydrogen (secondary N) is 1. The molecule has 1 N–H and O–H groups in total. The van der Waals surface area contributed by atoms with Gasteiger partial charge >= 0.3 is 0 Å². The fourth-order valence-corrected chi connectivity index (χ4v) is 4.07. The van der Waals surface area contributed by atoms with Gasteiger partial charge in [0.05, 0.1) is 36.5 Å². The first kappa shape index (κ1) is 16.4. The van der Waals surface area contributed by atoms with Crippen molar-refractivity contribution in [1.82, 2.24) is 25.1 Å². The maximum atomic E-state index is 6.06. The van der Waals surface area contributed by atoms with E-state index < -0.39 is 0 Å². The highest BCUT2D eigenvalue weighted by Gasteiger charge is 2.28. The summed E-state index contributed by atoms with van der Waals surface area (Å²) in [7, 11) is 0. The van der Waals surface area contributed by atoms with E-state index in [2.05, 4.69) is 38.1 Å². The van der Waals surface area contributed by atoms with Gasteiger partial charge in [-0.05, 0) is 31.2 Å². The molecule has 4 aromatic rings. The molecule has 4 aromatic heterocycles. The molecule has 1 saturated heterocycles. The summed E-state index contributed by atoms with van der Waals surface area (Å²) in [6.45, 7) is 4.32. The third-order valence-corrected chi connectivity index (χ3v) is 5.47. The predicted molar refractivity (Wildman–Crippen MR) is 108 cm³/mol. The van der Waals surface area contributed by atoms with Crippen LogP contribution in [0.3, 0.4) is 0 Å². The van der Waals surface area contributed by atoms with Crippen LogP contribution in [0.25, 0.3) is 33.4 Å². The lowest BCUT2D eigenvalue weighted by molar-refractivity contribution is 0.0986. The quantitative estimate of drug-likeness (QED) is 0.497. The normalized spacial score (nSPS) is 17.8. The number of hydrogen-bond acceptors (Lipinski definition) is 7. The number of hydrogen-bond donors (Lipinski definition) is 1. The highest BCUT2D eigenvalue weighted by Crippen LogP contribution is 2.47. The second kappa shape index (κ2) is 6.25. The van der Waals surface area contributed by atoms with Crippen molar-refractivity contribution in [3.8, 4) is 34.1 Å². The van der Waals surface area contributed by atoms with Gasteiger partial charge in [-0.1, -0.05) is 0 Å². The van der Waals surface area contributed by atoms with Crippen LogP contribution in [0.1, 0.15) is 6.92 Å². The molecule has 0 radical (unpaired) electrons. The van der Waals surface area contributed by atoms with Crippen molar-refractivity contribution >= 4 is 16.7 Å². The molecule has 1 atom stereocenters. The first-order valence-electron chi connectivity index (χ1n) is 9.61. The van der Waals surface area contributed by atoms with E-state index in [-0.39, 0.29) is 6.04 Å². The van der Waals surface area contributed by atoms with Gasteiger partial charge < -0.3 is 14.4 Å². The van der Waals surface area contributed by atoms with Crippen molar-refractivity contribution in [2.24, 2.45) is 0 Å². The van der Waals surface area contributed by atoms with E-state index in [0.717, 1.165) is 45.8 Å². The molecule has 2 aliphatic heterocycles. The summed E-state index contributed by atoms with van der Waals surface area (Å²) in [5.41, 5.74) is 4.36. The lowest BCUT2D eigenvalue weighted by Gasteiger charge is -2.35. The molecular weight excluding hydrogens is 368 g/mol. The number of rotatable bonds is 2. The van der Waals surface area contributed by atoms with Crippen molar-refractivity contribution in [3.05, 3.63) is 42.9 Å². The second-order valence-electron chi connectivity index (χ2n) is 7.27. The molecule has 2 aliphatic rings. The Hall–Kier alpha value is -3.52. The first-order valence-corrected chi connectivity index (χ1v) is 9.61. The summed E-state index contributed by atoms with van der Waals surface area (Å²) < 4.78 is 11.7. The Labute approximate surface area is 166 Å². The maximum absolute atomic E-state index is 6.06. The van der Waals surface area contributed by atoms with E-state index in [1.165, 1.54) is 0 Å². The van der Waals surface area contributed by atoms with Gasteiger partial charge in [-0.2, -0.15) is 5.10 Å². The van der Waals surface area contributed by atoms with Crippen molar-refractivity contribution in [2.45, 2.75) is 13.0 Å². The predicted octanol–water partition coefficient (Wildman–Crippen LogP) is 3.41. The summed E-state index contributed by atoms with van der Waals surface area (Å²) in [5.74, 6) is 2.16. The number of pyridine rings is 3. The number of aromatic amines is 1. The van der Waals surface area contributed by atoms with Gasteiger partial charge in [0.25, 0.3) is 0 Å². The maximum Gasteiger partial charge on any atom is 0.227 e. The third kappa shape index (κ3) is 2.49. The highest BCUT2D eigenvalue weighted by molar-refractivity contribution is 6.07. The molecule has 6 heterocycles. The lowest BCUT2D eigenvalue weighted by Crippen LogP contribution is -2.44. The number of fused-ring (bicyclic) bond motifs is 2. The number of anilines is 1. The average molecular weight is 386 g/mol. The molecule has 29 heavy (non-hydrogen) atoms. The van der Waals surface area contributed by atoms with E-state index >= 15 is 0 Å². The minimum absolute atomic E-state index is 0.237. The van der Waals surface area contributed by atoms with Gasteiger partial charge in [0, 0.05) is 30.1 Å².